The van der Waals surface area contributed by atoms with Crippen LogP contribution in [0.2, 0.25) is 0 Å². The van der Waals surface area contributed by atoms with Crippen LogP contribution in [-0.2, 0) is 11.2 Å². The second kappa shape index (κ2) is 5.81. The maximum absolute atomic E-state index is 10.9. The van der Waals surface area contributed by atoms with E-state index in [1.807, 2.05) is 43.5 Å². The lowest BCUT2D eigenvalue weighted by Crippen LogP contribution is -2.25. The molecule has 0 spiro atoms. The van der Waals surface area contributed by atoms with Crippen molar-refractivity contribution in [2.75, 3.05) is 6.26 Å². The van der Waals surface area contributed by atoms with E-state index in [4.69, 9.17) is 5.11 Å². The van der Waals surface area contributed by atoms with Gasteiger partial charge in [0.1, 0.15) is 5.25 Å². The number of carboxylic acids is 1. The predicted octanol–water partition coefficient (Wildman–Crippen LogP) is 2.68. The van der Waals surface area contributed by atoms with Gasteiger partial charge < -0.3 is 5.11 Å². The lowest BCUT2D eigenvalue weighted by molar-refractivity contribution is -0.137. The monoisotopic (exact) mass is 224 g/mol. The zero-order chi connectivity index (χ0) is 11.3. The van der Waals surface area contributed by atoms with Crippen LogP contribution in [0.15, 0.2) is 30.3 Å². The Labute approximate surface area is 94.7 Å². The molecule has 0 saturated carbocycles. The first-order valence-electron chi connectivity index (χ1n) is 4.94. The molecule has 3 heteroatoms. The minimum absolute atomic E-state index is 0.153. The molecule has 2 nitrogen and oxygen atoms in total. The lowest BCUT2D eigenvalue weighted by atomic mass is 9.98. The van der Waals surface area contributed by atoms with Crippen molar-refractivity contribution in [3.05, 3.63) is 35.9 Å². The largest absolute Gasteiger partial charge is 0.480 e. The van der Waals surface area contributed by atoms with Gasteiger partial charge in [-0.05, 0) is 24.2 Å². The highest BCUT2D eigenvalue weighted by Crippen LogP contribution is 2.21. The van der Waals surface area contributed by atoms with Crippen molar-refractivity contribution in [3.8, 4) is 0 Å². The van der Waals surface area contributed by atoms with Crippen LogP contribution in [0.25, 0.3) is 0 Å². The van der Waals surface area contributed by atoms with E-state index in [-0.39, 0.29) is 11.2 Å². The molecule has 0 bridgehead atoms. The summed E-state index contributed by atoms with van der Waals surface area (Å²) < 4.78 is 0. The van der Waals surface area contributed by atoms with E-state index in [1.54, 1.807) is 0 Å². The van der Waals surface area contributed by atoms with Crippen LogP contribution < -0.4 is 0 Å². The first-order chi connectivity index (χ1) is 7.15. The van der Waals surface area contributed by atoms with Crippen LogP contribution in [0.4, 0.5) is 0 Å². The van der Waals surface area contributed by atoms with Gasteiger partial charge in [-0.3, -0.25) is 4.79 Å². The van der Waals surface area contributed by atoms with Gasteiger partial charge in [-0.15, -0.1) is 11.8 Å². The molecule has 0 aliphatic heterocycles. The molecule has 0 aromatic heterocycles. The third-order valence-corrected chi connectivity index (χ3v) is 3.59. The van der Waals surface area contributed by atoms with E-state index in [9.17, 15) is 4.79 Å². The van der Waals surface area contributed by atoms with E-state index in [2.05, 4.69) is 0 Å². The Morgan fingerprint density at radius 1 is 1.40 bits per heavy atom. The van der Waals surface area contributed by atoms with Crippen LogP contribution in [0.3, 0.4) is 0 Å². The first kappa shape index (κ1) is 12.1. The number of thioether (sulfide) groups is 1. The van der Waals surface area contributed by atoms with E-state index in [1.165, 1.54) is 17.3 Å². The smallest absolute Gasteiger partial charge is 0.316 e. The average molecular weight is 224 g/mol. The van der Waals surface area contributed by atoms with Crippen LogP contribution in [-0.4, -0.2) is 22.6 Å². The Hall–Kier alpha value is -0.960. The summed E-state index contributed by atoms with van der Waals surface area (Å²) in [6.07, 6.45) is 2.67. The van der Waals surface area contributed by atoms with Crippen LogP contribution >= 0.6 is 11.8 Å². The highest BCUT2D eigenvalue weighted by molar-refractivity contribution is 7.99. The second-order valence-electron chi connectivity index (χ2n) is 3.66. The molecule has 82 valence electrons. The average Bonchev–Trinajstić information content (AvgIpc) is 2.19. The lowest BCUT2D eigenvalue weighted by Gasteiger charge is -2.17. The summed E-state index contributed by atoms with van der Waals surface area (Å²) in [7, 11) is 0. The number of carboxylic acid groups (broad SMARTS) is 1. The van der Waals surface area contributed by atoms with Crippen molar-refractivity contribution in [3.63, 3.8) is 0 Å². The minimum Gasteiger partial charge on any atom is -0.480 e. The van der Waals surface area contributed by atoms with Crippen LogP contribution in [0.5, 0.6) is 0 Å². The van der Waals surface area contributed by atoms with Gasteiger partial charge in [0.05, 0.1) is 0 Å². The van der Waals surface area contributed by atoms with Gasteiger partial charge in [0.15, 0.2) is 0 Å². The molecule has 0 aliphatic rings. The fraction of sp³-hybridized carbons (Fsp3) is 0.417. The van der Waals surface area contributed by atoms with Crippen LogP contribution in [0.1, 0.15) is 12.5 Å². The number of carbonyl (C=O) groups is 1. The quantitative estimate of drug-likeness (QED) is 0.835. The summed E-state index contributed by atoms with van der Waals surface area (Å²) in [4.78, 5) is 10.9. The van der Waals surface area contributed by atoms with Crippen molar-refractivity contribution >= 4 is 17.7 Å². The number of hydrogen-bond donors (Lipinski definition) is 1. The maximum atomic E-state index is 10.9. The molecule has 0 amide bonds. The molecule has 1 N–H and O–H groups in total. The number of benzene rings is 1. The van der Waals surface area contributed by atoms with Crippen molar-refractivity contribution in [2.45, 2.75) is 18.6 Å². The van der Waals surface area contributed by atoms with E-state index >= 15 is 0 Å². The second-order valence-corrected chi connectivity index (χ2v) is 4.64. The fourth-order valence-electron chi connectivity index (χ4n) is 1.67. The number of hydrogen-bond acceptors (Lipinski definition) is 2. The maximum Gasteiger partial charge on any atom is 0.316 e. The van der Waals surface area contributed by atoms with Crippen molar-refractivity contribution in [1.82, 2.24) is 0 Å². The Morgan fingerprint density at radius 2 is 2.00 bits per heavy atom. The van der Waals surface area contributed by atoms with Crippen molar-refractivity contribution in [1.29, 1.82) is 0 Å². The summed E-state index contributed by atoms with van der Waals surface area (Å²) in [5, 5.41) is 8.69. The van der Waals surface area contributed by atoms with Gasteiger partial charge in [0.25, 0.3) is 0 Å². The third-order valence-electron chi connectivity index (χ3n) is 2.41. The zero-order valence-corrected chi connectivity index (χ0v) is 9.83. The highest BCUT2D eigenvalue weighted by atomic mass is 32.2. The molecule has 2 atom stereocenters. The van der Waals surface area contributed by atoms with Crippen molar-refractivity contribution < 1.29 is 9.90 Å². The summed E-state index contributed by atoms with van der Waals surface area (Å²) in [6.45, 7) is 1.99. The molecule has 0 saturated heterocycles. The normalized spacial score (nSPS) is 14.5. The van der Waals surface area contributed by atoms with Gasteiger partial charge in [0, 0.05) is 0 Å². The van der Waals surface area contributed by atoms with Gasteiger partial charge in [-0.25, -0.2) is 0 Å². The highest BCUT2D eigenvalue weighted by Gasteiger charge is 2.23. The predicted molar refractivity (Wildman–Crippen MR) is 64.2 cm³/mol. The Bertz CT molecular complexity index is 311. The molecular formula is C12H16O2S. The van der Waals surface area contributed by atoms with Gasteiger partial charge in [-0.2, -0.15) is 0 Å². The SMILES string of the molecule is CSC(C(=O)O)C(C)Cc1ccccc1. The summed E-state index contributed by atoms with van der Waals surface area (Å²) in [5.41, 5.74) is 1.20. The molecule has 0 aliphatic carbocycles. The van der Waals surface area contributed by atoms with Gasteiger partial charge in [-0.1, -0.05) is 37.3 Å². The number of aliphatic carboxylic acids is 1. The van der Waals surface area contributed by atoms with E-state index in [0.717, 1.165) is 6.42 Å². The molecular weight excluding hydrogens is 208 g/mol. The molecule has 0 radical (unpaired) electrons. The topological polar surface area (TPSA) is 37.3 Å². The summed E-state index contributed by atoms with van der Waals surface area (Å²) in [5.74, 6) is -0.564. The molecule has 2 unspecified atom stereocenters. The molecule has 15 heavy (non-hydrogen) atoms. The molecule has 1 rings (SSSR count). The Morgan fingerprint density at radius 3 is 2.47 bits per heavy atom. The molecule has 0 heterocycles. The number of rotatable bonds is 5. The summed E-state index contributed by atoms with van der Waals surface area (Å²) in [6, 6.07) is 10.0. The minimum atomic E-state index is -0.717. The molecule has 1 aromatic rings. The zero-order valence-electron chi connectivity index (χ0n) is 9.01. The third kappa shape index (κ3) is 3.59. The van der Waals surface area contributed by atoms with Gasteiger partial charge >= 0.3 is 5.97 Å². The Kier molecular flexibility index (Phi) is 4.69. The standard InChI is InChI=1S/C12H16O2S/c1-9(11(15-2)12(13)14)8-10-6-4-3-5-7-10/h3-7,9,11H,8H2,1-2H3,(H,13,14). The van der Waals surface area contributed by atoms with E-state index < -0.39 is 5.97 Å². The molecule has 1 aromatic carbocycles. The first-order valence-corrected chi connectivity index (χ1v) is 6.23. The van der Waals surface area contributed by atoms with Crippen LogP contribution in [0, 0.1) is 5.92 Å². The fourth-order valence-corrected chi connectivity index (χ4v) is 2.43. The van der Waals surface area contributed by atoms with E-state index in [0.29, 0.717) is 0 Å². The summed E-state index contributed by atoms with van der Waals surface area (Å²) >= 11 is 1.41. The molecule has 0 fully saturated rings. The Balaban J connectivity index is 2.62. The van der Waals surface area contributed by atoms with Gasteiger partial charge in [0.2, 0.25) is 0 Å². The van der Waals surface area contributed by atoms with Crippen molar-refractivity contribution in [2.24, 2.45) is 5.92 Å².